The topological polar surface area (TPSA) is 61.4 Å². The molecule has 160 valence electrons. The third-order valence-corrected chi connectivity index (χ3v) is 6.44. The molecule has 2 aromatic rings. The molecule has 4 heterocycles. The van der Waals surface area contributed by atoms with Crippen molar-refractivity contribution in [2.24, 2.45) is 5.92 Å². The summed E-state index contributed by atoms with van der Waals surface area (Å²) in [6.45, 7) is 7.77. The molecule has 1 amide bonds. The zero-order chi connectivity index (χ0) is 20.8. The Hall–Kier alpha value is -2.31. The van der Waals surface area contributed by atoms with Crippen molar-refractivity contribution in [3.05, 3.63) is 59.7 Å². The van der Waals surface area contributed by atoms with Gasteiger partial charge in [0.1, 0.15) is 0 Å². The van der Waals surface area contributed by atoms with E-state index in [1.165, 1.54) is 18.4 Å². The highest BCUT2D eigenvalue weighted by molar-refractivity contribution is 5.78. The minimum atomic E-state index is 0.0957. The minimum Gasteiger partial charge on any atom is -0.350 e. The second-order valence-corrected chi connectivity index (χ2v) is 8.68. The summed E-state index contributed by atoms with van der Waals surface area (Å²) in [5.41, 5.74) is 3.25. The van der Waals surface area contributed by atoms with E-state index >= 15 is 0 Å². The predicted octanol–water partition coefficient (Wildman–Crippen LogP) is 2.78. The van der Waals surface area contributed by atoms with E-state index in [-0.39, 0.29) is 11.8 Å². The van der Waals surface area contributed by atoms with Gasteiger partial charge in [-0.1, -0.05) is 6.07 Å². The zero-order valence-corrected chi connectivity index (χ0v) is 18.0. The van der Waals surface area contributed by atoms with Crippen LogP contribution in [-0.4, -0.2) is 57.9 Å². The van der Waals surface area contributed by atoms with E-state index in [1.807, 2.05) is 37.5 Å². The lowest BCUT2D eigenvalue weighted by Crippen LogP contribution is -2.50. The number of carbonyl (C=O) groups excluding carboxylic acids is 1. The highest BCUT2D eigenvalue weighted by Gasteiger charge is 2.31. The molecule has 0 saturated carbocycles. The van der Waals surface area contributed by atoms with Crippen LogP contribution in [0, 0.1) is 12.8 Å². The molecule has 30 heavy (non-hydrogen) atoms. The van der Waals surface area contributed by atoms with Gasteiger partial charge in [0, 0.05) is 37.2 Å². The molecule has 6 nitrogen and oxygen atoms in total. The highest BCUT2D eigenvalue weighted by Crippen LogP contribution is 2.24. The number of nitrogens with one attached hydrogen (secondary N) is 1. The molecule has 0 bridgehead atoms. The van der Waals surface area contributed by atoms with Crippen LogP contribution in [0.2, 0.25) is 0 Å². The predicted molar refractivity (Wildman–Crippen MR) is 118 cm³/mol. The quantitative estimate of drug-likeness (QED) is 0.798. The van der Waals surface area contributed by atoms with Crippen LogP contribution in [0.3, 0.4) is 0 Å². The average Bonchev–Trinajstić information content (AvgIpc) is 2.79. The van der Waals surface area contributed by atoms with Crippen molar-refractivity contribution >= 4 is 5.91 Å². The van der Waals surface area contributed by atoms with Crippen LogP contribution < -0.4 is 5.32 Å². The molecular formula is C24H33N5O. The Morgan fingerprint density at radius 2 is 1.90 bits per heavy atom. The lowest BCUT2D eigenvalue weighted by Gasteiger charge is -2.42. The van der Waals surface area contributed by atoms with E-state index in [2.05, 4.69) is 37.2 Å². The Morgan fingerprint density at radius 1 is 1.10 bits per heavy atom. The number of piperidine rings is 2. The Labute approximate surface area is 179 Å². The second-order valence-electron chi connectivity index (χ2n) is 8.68. The van der Waals surface area contributed by atoms with E-state index in [4.69, 9.17) is 0 Å². The number of aromatic nitrogens is 2. The van der Waals surface area contributed by atoms with Crippen LogP contribution >= 0.6 is 0 Å². The van der Waals surface area contributed by atoms with Crippen LogP contribution in [0.1, 0.15) is 42.6 Å². The maximum atomic E-state index is 12.8. The minimum absolute atomic E-state index is 0.0957. The van der Waals surface area contributed by atoms with E-state index in [0.29, 0.717) is 12.6 Å². The number of aryl methyl sites for hydroxylation is 1. The van der Waals surface area contributed by atoms with Crippen molar-refractivity contribution in [1.82, 2.24) is 25.1 Å². The molecule has 1 unspecified atom stereocenters. The van der Waals surface area contributed by atoms with Gasteiger partial charge in [-0.2, -0.15) is 0 Å². The van der Waals surface area contributed by atoms with Crippen molar-refractivity contribution in [2.45, 2.75) is 51.7 Å². The summed E-state index contributed by atoms with van der Waals surface area (Å²) in [5, 5.41) is 3.11. The first-order valence-electron chi connectivity index (χ1n) is 11.2. The van der Waals surface area contributed by atoms with Crippen molar-refractivity contribution < 1.29 is 4.79 Å². The first-order valence-corrected chi connectivity index (χ1v) is 11.2. The molecule has 0 spiro atoms. The number of hydrogen-bond donors (Lipinski definition) is 1. The van der Waals surface area contributed by atoms with Gasteiger partial charge in [-0.3, -0.25) is 24.6 Å². The molecule has 0 aliphatic carbocycles. The normalized spacial score (nSPS) is 21.4. The van der Waals surface area contributed by atoms with E-state index in [0.717, 1.165) is 57.0 Å². The first-order chi connectivity index (χ1) is 14.7. The third-order valence-electron chi connectivity index (χ3n) is 6.44. The van der Waals surface area contributed by atoms with E-state index < -0.39 is 0 Å². The molecule has 0 radical (unpaired) electrons. The molecule has 1 N–H and O–H groups in total. The van der Waals surface area contributed by atoms with Crippen molar-refractivity contribution in [2.75, 3.05) is 26.2 Å². The van der Waals surface area contributed by atoms with Gasteiger partial charge < -0.3 is 5.32 Å². The Kier molecular flexibility index (Phi) is 7.07. The zero-order valence-electron chi connectivity index (χ0n) is 18.0. The molecule has 6 heteroatoms. The van der Waals surface area contributed by atoms with Gasteiger partial charge >= 0.3 is 0 Å². The SMILES string of the molecule is Cc1cccc(CNC(=O)C2CCCN(C3CCN(Cc4ccncc4)CC3)C2)n1. The van der Waals surface area contributed by atoms with Gasteiger partial charge in [-0.05, 0) is 82.1 Å². The molecular weight excluding hydrogens is 374 g/mol. The maximum absolute atomic E-state index is 12.8. The van der Waals surface area contributed by atoms with Crippen molar-refractivity contribution in [3.63, 3.8) is 0 Å². The summed E-state index contributed by atoms with van der Waals surface area (Å²) in [6, 6.07) is 10.8. The van der Waals surface area contributed by atoms with E-state index in [1.54, 1.807) is 0 Å². The molecule has 2 aromatic heterocycles. The summed E-state index contributed by atoms with van der Waals surface area (Å²) in [4.78, 5) is 26.5. The van der Waals surface area contributed by atoms with Crippen molar-refractivity contribution in [3.8, 4) is 0 Å². The monoisotopic (exact) mass is 407 g/mol. The summed E-state index contributed by atoms with van der Waals surface area (Å²) in [5.74, 6) is 0.275. The number of likely N-dealkylation sites (tertiary alicyclic amines) is 2. The van der Waals surface area contributed by atoms with Crippen LogP contribution in [-0.2, 0) is 17.9 Å². The molecule has 1 atom stereocenters. The Bertz CT molecular complexity index is 819. The fraction of sp³-hybridized carbons (Fsp3) is 0.542. The van der Waals surface area contributed by atoms with Crippen molar-refractivity contribution in [1.29, 1.82) is 0 Å². The summed E-state index contributed by atoms with van der Waals surface area (Å²) in [7, 11) is 0. The Balaban J connectivity index is 1.23. The summed E-state index contributed by atoms with van der Waals surface area (Å²) in [6.07, 6.45) is 8.22. The fourth-order valence-corrected chi connectivity index (χ4v) is 4.76. The highest BCUT2D eigenvalue weighted by atomic mass is 16.1. The van der Waals surface area contributed by atoms with Gasteiger partial charge in [0.15, 0.2) is 0 Å². The summed E-state index contributed by atoms with van der Waals surface area (Å²) < 4.78 is 0. The fourth-order valence-electron chi connectivity index (χ4n) is 4.76. The van der Waals surface area contributed by atoms with Crippen LogP contribution in [0.15, 0.2) is 42.7 Å². The standard InChI is InChI=1S/C24H33N5O/c1-19-4-2-6-22(27-19)16-26-24(30)21-5-3-13-29(18-21)23-9-14-28(15-10-23)17-20-7-11-25-12-8-20/h2,4,6-8,11-12,21,23H,3,5,9-10,13-18H2,1H3,(H,26,30). The molecule has 4 rings (SSSR count). The van der Waals surface area contributed by atoms with Gasteiger partial charge in [0.05, 0.1) is 18.2 Å². The summed E-state index contributed by atoms with van der Waals surface area (Å²) >= 11 is 0. The number of carbonyl (C=O) groups is 1. The molecule has 0 aromatic carbocycles. The van der Waals surface area contributed by atoms with Crippen LogP contribution in [0.5, 0.6) is 0 Å². The molecule has 2 saturated heterocycles. The number of pyridine rings is 2. The number of rotatable bonds is 6. The van der Waals surface area contributed by atoms with Gasteiger partial charge in [0.2, 0.25) is 5.91 Å². The second kappa shape index (κ2) is 10.1. The Morgan fingerprint density at radius 3 is 2.67 bits per heavy atom. The lowest BCUT2D eigenvalue weighted by molar-refractivity contribution is -0.127. The third kappa shape index (κ3) is 5.64. The van der Waals surface area contributed by atoms with Gasteiger partial charge in [-0.25, -0.2) is 0 Å². The molecule has 2 fully saturated rings. The first kappa shape index (κ1) is 20.9. The van der Waals surface area contributed by atoms with Gasteiger partial charge in [-0.15, -0.1) is 0 Å². The number of hydrogen-bond acceptors (Lipinski definition) is 5. The average molecular weight is 408 g/mol. The maximum Gasteiger partial charge on any atom is 0.224 e. The van der Waals surface area contributed by atoms with Crippen LogP contribution in [0.25, 0.3) is 0 Å². The largest absolute Gasteiger partial charge is 0.350 e. The van der Waals surface area contributed by atoms with Gasteiger partial charge in [0.25, 0.3) is 0 Å². The molecule has 2 aliphatic rings. The lowest BCUT2D eigenvalue weighted by atomic mass is 9.93. The number of amides is 1. The molecule has 2 aliphatic heterocycles. The smallest absolute Gasteiger partial charge is 0.224 e. The number of nitrogens with zero attached hydrogens (tertiary/aromatic N) is 4. The van der Waals surface area contributed by atoms with E-state index in [9.17, 15) is 4.79 Å². The van der Waals surface area contributed by atoms with Crippen LogP contribution in [0.4, 0.5) is 0 Å².